The predicted octanol–water partition coefficient (Wildman–Crippen LogP) is 6.75. The number of carbonyl (C=O) groups is 1. The molecular formula is C26H19BrClNO4. The van der Waals surface area contributed by atoms with Gasteiger partial charge in [-0.25, -0.2) is 0 Å². The third-order valence-corrected chi connectivity index (χ3v) is 6.29. The summed E-state index contributed by atoms with van der Waals surface area (Å²) in [5, 5.41) is 0.767. The number of ether oxygens (including phenoxy) is 1. The molecule has 0 saturated heterocycles. The van der Waals surface area contributed by atoms with Crippen LogP contribution in [0.4, 0.5) is 5.69 Å². The fraction of sp³-hybridized carbons (Fsp3) is 0.154. The van der Waals surface area contributed by atoms with E-state index in [1.807, 2.05) is 55.5 Å². The number of hydrogen-bond acceptors (Lipinski definition) is 4. The molecule has 1 aliphatic rings. The van der Waals surface area contributed by atoms with Gasteiger partial charge < -0.3 is 9.15 Å². The van der Waals surface area contributed by atoms with Gasteiger partial charge >= 0.3 is 0 Å². The summed E-state index contributed by atoms with van der Waals surface area (Å²) in [6, 6.07) is 19.0. The molecule has 1 amide bonds. The zero-order chi connectivity index (χ0) is 23.1. The summed E-state index contributed by atoms with van der Waals surface area (Å²) in [7, 11) is 0. The van der Waals surface area contributed by atoms with Crippen molar-refractivity contribution in [3.05, 3.63) is 103 Å². The van der Waals surface area contributed by atoms with Crippen molar-refractivity contribution in [3.8, 4) is 5.75 Å². The van der Waals surface area contributed by atoms with E-state index >= 15 is 0 Å². The van der Waals surface area contributed by atoms with Gasteiger partial charge in [0, 0.05) is 15.2 Å². The smallest absolute Gasteiger partial charge is 0.295 e. The second-order valence-electron chi connectivity index (χ2n) is 7.79. The molecule has 0 fully saturated rings. The summed E-state index contributed by atoms with van der Waals surface area (Å²) in [6.07, 6.45) is 0.871. The van der Waals surface area contributed by atoms with Crippen LogP contribution in [-0.4, -0.2) is 12.5 Å². The maximum atomic E-state index is 13.7. The molecule has 1 unspecified atom stereocenters. The first kappa shape index (κ1) is 21.7. The molecule has 0 aliphatic carbocycles. The van der Waals surface area contributed by atoms with Gasteiger partial charge in [0.1, 0.15) is 11.3 Å². The van der Waals surface area contributed by atoms with Crippen molar-refractivity contribution in [2.24, 2.45) is 0 Å². The molecule has 5 nitrogen and oxygen atoms in total. The topological polar surface area (TPSA) is 59.8 Å². The van der Waals surface area contributed by atoms with Gasteiger partial charge in [-0.2, -0.15) is 0 Å². The van der Waals surface area contributed by atoms with Gasteiger partial charge in [-0.1, -0.05) is 52.7 Å². The molecule has 0 bridgehead atoms. The number of rotatable bonds is 5. The lowest BCUT2D eigenvalue weighted by Gasteiger charge is -2.25. The maximum Gasteiger partial charge on any atom is 0.295 e. The van der Waals surface area contributed by atoms with E-state index in [0.29, 0.717) is 39.6 Å². The fourth-order valence-corrected chi connectivity index (χ4v) is 4.71. The number of nitrogens with zero attached hydrogens (tertiary/aromatic N) is 1. The standard InChI is InChI=1S/C26H19BrClNO4/c1-2-11-32-19-8-3-5-15(12-19)23-22-24(30)20-14-17(28)9-10-21(20)33-25(22)26(31)29(23)18-7-4-6-16(27)13-18/h3-10,12-14,23H,2,11H2,1H3. The number of fused-ring (bicyclic) bond motifs is 2. The molecule has 166 valence electrons. The zero-order valence-electron chi connectivity index (χ0n) is 17.7. The van der Waals surface area contributed by atoms with Gasteiger partial charge in [0.05, 0.1) is 23.6 Å². The minimum absolute atomic E-state index is 0.0414. The highest BCUT2D eigenvalue weighted by Gasteiger charge is 2.43. The molecule has 1 atom stereocenters. The SMILES string of the molecule is CCCOc1cccc(C2c3c(oc4ccc(Cl)cc4c3=O)C(=O)N2c2cccc(Br)c2)c1. The van der Waals surface area contributed by atoms with Gasteiger partial charge in [-0.05, 0) is 60.5 Å². The van der Waals surface area contributed by atoms with Gasteiger partial charge in [-0.15, -0.1) is 0 Å². The Morgan fingerprint density at radius 1 is 1.06 bits per heavy atom. The molecule has 1 aliphatic heterocycles. The Hall–Kier alpha value is -3.09. The highest BCUT2D eigenvalue weighted by Crippen LogP contribution is 2.42. The van der Waals surface area contributed by atoms with Crippen molar-refractivity contribution in [2.75, 3.05) is 11.5 Å². The van der Waals surface area contributed by atoms with E-state index in [4.69, 9.17) is 20.8 Å². The third-order valence-electron chi connectivity index (χ3n) is 5.57. The van der Waals surface area contributed by atoms with Crippen LogP contribution in [0.2, 0.25) is 5.02 Å². The first-order valence-corrected chi connectivity index (χ1v) is 11.7. The summed E-state index contributed by atoms with van der Waals surface area (Å²) in [4.78, 5) is 28.9. The highest BCUT2D eigenvalue weighted by molar-refractivity contribution is 9.10. The average Bonchev–Trinajstić information content (AvgIpc) is 3.11. The van der Waals surface area contributed by atoms with Crippen LogP contribution in [-0.2, 0) is 0 Å². The Balaban J connectivity index is 1.77. The maximum absolute atomic E-state index is 13.7. The average molecular weight is 525 g/mol. The van der Waals surface area contributed by atoms with Gasteiger partial charge in [-0.3, -0.25) is 14.5 Å². The number of benzene rings is 3. The van der Waals surface area contributed by atoms with Crippen molar-refractivity contribution in [3.63, 3.8) is 0 Å². The van der Waals surface area contributed by atoms with Gasteiger partial charge in [0.2, 0.25) is 5.76 Å². The summed E-state index contributed by atoms with van der Waals surface area (Å²) in [5.41, 5.74) is 1.75. The molecule has 3 aromatic carbocycles. The minimum Gasteiger partial charge on any atom is -0.494 e. The van der Waals surface area contributed by atoms with Crippen LogP contribution in [0.15, 0.2) is 80.4 Å². The Morgan fingerprint density at radius 3 is 2.67 bits per heavy atom. The van der Waals surface area contributed by atoms with E-state index in [9.17, 15) is 9.59 Å². The van der Waals surface area contributed by atoms with Crippen LogP contribution < -0.4 is 15.1 Å². The number of amides is 1. The Bertz CT molecular complexity index is 1450. The molecule has 0 spiro atoms. The number of halogens is 2. The monoisotopic (exact) mass is 523 g/mol. The largest absolute Gasteiger partial charge is 0.494 e. The van der Waals surface area contributed by atoms with E-state index in [2.05, 4.69) is 15.9 Å². The van der Waals surface area contributed by atoms with Crippen LogP contribution in [0.3, 0.4) is 0 Å². The van der Waals surface area contributed by atoms with Crippen molar-refractivity contribution >= 4 is 50.1 Å². The summed E-state index contributed by atoms with van der Waals surface area (Å²) in [6.45, 7) is 2.61. The lowest BCUT2D eigenvalue weighted by Crippen LogP contribution is -2.29. The van der Waals surface area contributed by atoms with Crippen LogP contribution in [0, 0.1) is 0 Å². The zero-order valence-corrected chi connectivity index (χ0v) is 20.0. The summed E-state index contributed by atoms with van der Waals surface area (Å²) >= 11 is 9.64. The molecule has 0 N–H and O–H groups in total. The molecule has 7 heteroatoms. The van der Waals surface area contributed by atoms with Gasteiger partial charge in [0.15, 0.2) is 5.43 Å². The Morgan fingerprint density at radius 2 is 1.88 bits per heavy atom. The van der Waals surface area contributed by atoms with Crippen LogP contribution >= 0.6 is 27.5 Å². The Labute approximate surface area is 203 Å². The lowest BCUT2D eigenvalue weighted by atomic mass is 9.98. The molecule has 0 radical (unpaired) electrons. The fourth-order valence-electron chi connectivity index (χ4n) is 4.15. The van der Waals surface area contributed by atoms with E-state index in [0.717, 1.165) is 16.5 Å². The second kappa shape index (κ2) is 8.69. The number of anilines is 1. The molecule has 0 saturated carbocycles. The molecule has 2 heterocycles. The number of carbonyl (C=O) groups excluding carboxylic acids is 1. The molecule has 1 aromatic heterocycles. The first-order valence-electron chi connectivity index (χ1n) is 10.6. The minimum atomic E-state index is -0.674. The van der Waals surface area contributed by atoms with Crippen molar-refractivity contribution in [1.29, 1.82) is 0 Å². The third kappa shape index (κ3) is 3.83. The second-order valence-corrected chi connectivity index (χ2v) is 9.15. The lowest BCUT2D eigenvalue weighted by molar-refractivity contribution is 0.0971. The quantitative estimate of drug-likeness (QED) is 0.290. The molecular weight excluding hydrogens is 506 g/mol. The highest BCUT2D eigenvalue weighted by atomic mass is 79.9. The van der Waals surface area contributed by atoms with E-state index < -0.39 is 6.04 Å². The Kier molecular flexibility index (Phi) is 5.72. The first-order chi connectivity index (χ1) is 16.0. The summed E-state index contributed by atoms with van der Waals surface area (Å²) < 4.78 is 12.6. The normalized spacial score (nSPS) is 15.2. The van der Waals surface area contributed by atoms with Crippen LogP contribution in [0.5, 0.6) is 5.75 Å². The predicted molar refractivity (Wildman–Crippen MR) is 133 cm³/mol. The molecule has 33 heavy (non-hydrogen) atoms. The van der Waals surface area contributed by atoms with Gasteiger partial charge in [0.25, 0.3) is 5.91 Å². The van der Waals surface area contributed by atoms with E-state index in [-0.39, 0.29) is 17.1 Å². The summed E-state index contributed by atoms with van der Waals surface area (Å²) in [5.74, 6) is 0.347. The molecule has 4 aromatic rings. The number of hydrogen-bond donors (Lipinski definition) is 0. The van der Waals surface area contributed by atoms with Crippen molar-refractivity contribution in [1.82, 2.24) is 0 Å². The van der Waals surface area contributed by atoms with E-state index in [1.165, 1.54) is 0 Å². The van der Waals surface area contributed by atoms with E-state index in [1.54, 1.807) is 23.1 Å². The van der Waals surface area contributed by atoms with Crippen molar-refractivity contribution < 1.29 is 13.9 Å². The van der Waals surface area contributed by atoms with Crippen LogP contribution in [0.1, 0.15) is 41.1 Å². The van der Waals surface area contributed by atoms with Crippen molar-refractivity contribution in [2.45, 2.75) is 19.4 Å². The van der Waals surface area contributed by atoms with Crippen LogP contribution in [0.25, 0.3) is 11.0 Å². The molecule has 5 rings (SSSR count).